The molecular weight excluding hydrogens is 374 g/mol. The third kappa shape index (κ3) is 4.25. The van der Waals surface area contributed by atoms with E-state index in [4.69, 9.17) is 11.6 Å². The van der Waals surface area contributed by atoms with Crippen molar-refractivity contribution >= 4 is 40.2 Å². The quantitative estimate of drug-likeness (QED) is 0.500. The van der Waals surface area contributed by atoms with Crippen LogP contribution in [0.25, 0.3) is 10.6 Å². The molecule has 2 aromatic carbocycles. The number of hydrogen-bond acceptors (Lipinski definition) is 5. The van der Waals surface area contributed by atoms with E-state index < -0.39 is 4.92 Å². The highest BCUT2D eigenvalue weighted by atomic mass is 35.5. The molecule has 0 bridgehead atoms. The minimum absolute atomic E-state index is 0.0234. The number of nitrogens with one attached hydrogen (secondary N) is 1. The highest BCUT2D eigenvalue weighted by Crippen LogP contribution is 2.28. The molecule has 0 saturated heterocycles. The van der Waals surface area contributed by atoms with Gasteiger partial charge < -0.3 is 5.32 Å². The minimum Gasteiger partial charge on any atom is -0.325 e. The summed E-state index contributed by atoms with van der Waals surface area (Å²) in [6, 6.07) is 12.1. The molecule has 0 atom stereocenters. The van der Waals surface area contributed by atoms with Gasteiger partial charge in [-0.1, -0.05) is 35.4 Å². The number of rotatable bonds is 5. The second-order valence-corrected chi connectivity index (χ2v) is 6.93. The number of aryl methyl sites for hydroxylation is 1. The number of aromatic nitrogens is 1. The second-order valence-electron chi connectivity index (χ2n) is 5.66. The van der Waals surface area contributed by atoms with Crippen LogP contribution in [0.5, 0.6) is 0 Å². The van der Waals surface area contributed by atoms with Gasteiger partial charge in [0.25, 0.3) is 5.69 Å². The van der Waals surface area contributed by atoms with E-state index in [1.165, 1.54) is 29.5 Å². The predicted molar refractivity (Wildman–Crippen MR) is 103 cm³/mol. The number of halogens is 1. The van der Waals surface area contributed by atoms with Crippen LogP contribution in [-0.2, 0) is 11.2 Å². The topological polar surface area (TPSA) is 85.1 Å². The lowest BCUT2D eigenvalue weighted by Crippen LogP contribution is -2.14. The molecule has 0 spiro atoms. The minimum atomic E-state index is -0.591. The number of nitrogens with zero attached hydrogens (tertiary/aromatic N) is 2. The van der Waals surface area contributed by atoms with Crippen molar-refractivity contribution in [3.63, 3.8) is 0 Å². The molecular formula is C18H14ClN3O3S. The first-order chi connectivity index (χ1) is 12.4. The summed E-state index contributed by atoms with van der Waals surface area (Å²) in [7, 11) is 0. The van der Waals surface area contributed by atoms with Crippen LogP contribution in [0, 0.1) is 17.0 Å². The van der Waals surface area contributed by atoms with Crippen LogP contribution in [-0.4, -0.2) is 15.8 Å². The van der Waals surface area contributed by atoms with Crippen molar-refractivity contribution in [1.29, 1.82) is 0 Å². The third-order valence-electron chi connectivity index (χ3n) is 3.59. The molecule has 0 unspecified atom stereocenters. The van der Waals surface area contributed by atoms with Gasteiger partial charge in [0, 0.05) is 22.7 Å². The molecule has 3 rings (SSSR count). The summed E-state index contributed by atoms with van der Waals surface area (Å²) < 4.78 is 0. The van der Waals surface area contributed by atoms with Crippen LogP contribution in [0.15, 0.2) is 47.8 Å². The number of hydrogen-bond donors (Lipinski definition) is 1. The SMILES string of the molecule is Cc1cccc(-c2nc(CC(=O)Nc3ccc(Cl)c([N+](=O)[O-])c3)cs2)c1. The van der Waals surface area contributed by atoms with Gasteiger partial charge in [0.1, 0.15) is 10.0 Å². The summed E-state index contributed by atoms with van der Waals surface area (Å²) in [5, 5.41) is 16.2. The van der Waals surface area contributed by atoms with Crippen LogP contribution in [0.3, 0.4) is 0 Å². The molecule has 1 aromatic heterocycles. The average molecular weight is 388 g/mol. The Hall–Kier alpha value is -2.77. The van der Waals surface area contributed by atoms with E-state index in [9.17, 15) is 14.9 Å². The molecule has 1 N–H and O–H groups in total. The largest absolute Gasteiger partial charge is 0.325 e. The van der Waals surface area contributed by atoms with E-state index in [0.717, 1.165) is 16.1 Å². The fourth-order valence-electron chi connectivity index (χ4n) is 2.40. The van der Waals surface area contributed by atoms with E-state index in [0.29, 0.717) is 11.4 Å². The third-order valence-corrected chi connectivity index (χ3v) is 4.84. The molecule has 0 aliphatic rings. The summed E-state index contributed by atoms with van der Waals surface area (Å²) in [6.45, 7) is 2.01. The van der Waals surface area contributed by atoms with Crippen LogP contribution in [0.1, 0.15) is 11.3 Å². The van der Waals surface area contributed by atoms with Gasteiger partial charge in [0.2, 0.25) is 5.91 Å². The lowest BCUT2D eigenvalue weighted by molar-refractivity contribution is -0.384. The van der Waals surface area contributed by atoms with E-state index in [2.05, 4.69) is 10.3 Å². The van der Waals surface area contributed by atoms with Gasteiger partial charge in [-0.25, -0.2) is 4.98 Å². The Balaban J connectivity index is 1.69. The second kappa shape index (κ2) is 7.63. The Kier molecular flexibility index (Phi) is 5.29. The molecule has 0 saturated carbocycles. The Bertz CT molecular complexity index is 987. The molecule has 1 amide bonds. The molecule has 1 heterocycles. The summed E-state index contributed by atoms with van der Waals surface area (Å²) in [5.41, 5.74) is 2.86. The number of carbonyl (C=O) groups is 1. The fraction of sp³-hybridized carbons (Fsp3) is 0.111. The number of amides is 1. The standard InChI is InChI=1S/C18H14ClN3O3S/c1-11-3-2-4-12(7-11)18-21-14(10-26-18)9-17(23)20-13-5-6-15(19)16(8-13)22(24)25/h2-8,10H,9H2,1H3,(H,20,23). The Morgan fingerprint density at radius 3 is 2.85 bits per heavy atom. The first kappa shape index (κ1) is 18.0. The zero-order valence-electron chi connectivity index (χ0n) is 13.7. The molecule has 0 aliphatic heterocycles. The summed E-state index contributed by atoms with van der Waals surface area (Å²) >= 11 is 7.24. The molecule has 132 valence electrons. The number of anilines is 1. The normalized spacial score (nSPS) is 10.5. The van der Waals surface area contributed by atoms with Crippen LogP contribution in [0.2, 0.25) is 5.02 Å². The highest BCUT2D eigenvalue weighted by molar-refractivity contribution is 7.13. The maximum absolute atomic E-state index is 12.2. The van der Waals surface area contributed by atoms with Gasteiger partial charge in [-0.3, -0.25) is 14.9 Å². The molecule has 0 fully saturated rings. The van der Waals surface area contributed by atoms with Crippen molar-refractivity contribution in [2.45, 2.75) is 13.3 Å². The van der Waals surface area contributed by atoms with Crippen molar-refractivity contribution in [3.05, 3.63) is 74.2 Å². The van der Waals surface area contributed by atoms with E-state index in [1.807, 2.05) is 36.6 Å². The number of nitro groups is 1. The number of benzene rings is 2. The van der Waals surface area contributed by atoms with Crippen molar-refractivity contribution in [2.24, 2.45) is 0 Å². The Morgan fingerprint density at radius 1 is 1.31 bits per heavy atom. The Labute approximate surface area is 158 Å². The van der Waals surface area contributed by atoms with E-state index in [-0.39, 0.29) is 23.0 Å². The highest BCUT2D eigenvalue weighted by Gasteiger charge is 2.15. The number of nitro benzene ring substituents is 1. The molecule has 8 heteroatoms. The van der Waals surface area contributed by atoms with Crippen molar-refractivity contribution < 1.29 is 9.72 Å². The summed E-state index contributed by atoms with van der Waals surface area (Å²) in [4.78, 5) is 27.0. The lowest BCUT2D eigenvalue weighted by atomic mass is 10.1. The zero-order chi connectivity index (χ0) is 18.7. The van der Waals surface area contributed by atoms with Crippen LogP contribution >= 0.6 is 22.9 Å². The Morgan fingerprint density at radius 2 is 2.12 bits per heavy atom. The maximum Gasteiger partial charge on any atom is 0.289 e. The maximum atomic E-state index is 12.2. The van der Waals surface area contributed by atoms with Gasteiger partial charge in [-0.2, -0.15) is 0 Å². The first-order valence-corrected chi connectivity index (χ1v) is 8.93. The number of carbonyl (C=O) groups excluding carboxylic acids is 1. The first-order valence-electron chi connectivity index (χ1n) is 7.67. The predicted octanol–water partition coefficient (Wildman–Crippen LogP) is 4.86. The van der Waals surface area contributed by atoms with Gasteiger partial charge in [-0.15, -0.1) is 11.3 Å². The van der Waals surface area contributed by atoms with Crippen molar-refractivity contribution in [3.8, 4) is 10.6 Å². The van der Waals surface area contributed by atoms with Gasteiger partial charge in [-0.05, 0) is 25.1 Å². The monoisotopic (exact) mass is 387 g/mol. The molecule has 0 radical (unpaired) electrons. The smallest absolute Gasteiger partial charge is 0.289 e. The molecule has 6 nitrogen and oxygen atoms in total. The molecule has 3 aromatic rings. The average Bonchev–Trinajstić information content (AvgIpc) is 3.04. The van der Waals surface area contributed by atoms with Gasteiger partial charge >= 0.3 is 0 Å². The van der Waals surface area contributed by atoms with E-state index >= 15 is 0 Å². The molecule has 26 heavy (non-hydrogen) atoms. The zero-order valence-corrected chi connectivity index (χ0v) is 15.3. The summed E-state index contributed by atoms with van der Waals surface area (Å²) in [5.74, 6) is -0.303. The fourth-order valence-corrected chi connectivity index (χ4v) is 3.40. The van der Waals surface area contributed by atoms with Gasteiger partial charge in [0.05, 0.1) is 17.0 Å². The van der Waals surface area contributed by atoms with E-state index in [1.54, 1.807) is 0 Å². The summed E-state index contributed by atoms with van der Waals surface area (Å²) in [6.07, 6.45) is 0.0821. The molecule has 0 aliphatic carbocycles. The van der Waals surface area contributed by atoms with Crippen LogP contribution in [0.4, 0.5) is 11.4 Å². The number of thiazole rings is 1. The van der Waals surface area contributed by atoms with Crippen molar-refractivity contribution in [1.82, 2.24) is 4.98 Å². The lowest BCUT2D eigenvalue weighted by Gasteiger charge is -2.04. The van der Waals surface area contributed by atoms with Crippen LogP contribution < -0.4 is 5.32 Å². The van der Waals surface area contributed by atoms with Crippen molar-refractivity contribution in [2.75, 3.05) is 5.32 Å². The van der Waals surface area contributed by atoms with Gasteiger partial charge in [0.15, 0.2) is 0 Å².